The zero-order valence-electron chi connectivity index (χ0n) is 14.7. The van der Waals surface area contributed by atoms with Crippen LogP contribution in [0.3, 0.4) is 0 Å². The number of anilines is 2. The lowest BCUT2D eigenvalue weighted by atomic mass is 10.2. The van der Waals surface area contributed by atoms with Gasteiger partial charge in [-0.2, -0.15) is 0 Å². The van der Waals surface area contributed by atoms with Crippen LogP contribution in [0.25, 0.3) is 0 Å². The SMILES string of the molecule is CCc1nccn1CCC(=O)Nc1ccc(N2C(=O)CC[C@@H]2C)cc1. The molecule has 6 heteroatoms. The van der Waals surface area contributed by atoms with E-state index in [-0.39, 0.29) is 17.9 Å². The van der Waals surface area contributed by atoms with E-state index in [1.54, 1.807) is 6.20 Å². The van der Waals surface area contributed by atoms with Crippen LogP contribution in [0.15, 0.2) is 36.7 Å². The van der Waals surface area contributed by atoms with Crippen LogP contribution in [-0.2, 0) is 22.6 Å². The topological polar surface area (TPSA) is 67.2 Å². The minimum absolute atomic E-state index is 0.0332. The molecule has 0 saturated carbocycles. The molecule has 2 aromatic rings. The van der Waals surface area contributed by atoms with Gasteiger partial charge in [0.25, 0.3) is 0 Å². The van der Waals surface area contributed by atoms with Gasteiger partial charge in [0.2, 0.25) is 11.8 Å². The summed E-state index contributed by atoms with van der Waals surface area (Å²) in [5.41, 5.74) is 1.63. The van der Waals surface area contributed by atoms with Gasteiger partial charge in [-0.3, -0.25) is 9.59 Å². The van der Waals surface area contributed by atoms with Crippen molar-refractivity contribution < 1.29 is 9.59 Å². The third-order valence-electron chi connectivity index (χ3n) is 4.61. The van der Waals surface area contributed by atoms with Crippen LogP contribution in [0.1, 0.15) is 38.9 Å². The second-order valence-corrected chi connectivity index (χ2v) is 6.39. The summed E-state index contributed by atoms with van der Waals surface area (Å²) < 4.78 is 2.00. The van der Waals surface area contributed by atoms with Crippen LogP contribution in [0.2, 0.25) is 0 Å². The lowest BCUT2D eigenvalue weighted by Gasteiger charge is -2.22. The first-order valence-electron chi connectivity index (χ1n) is 8.80. The minimum atomic E-state index is -0.0332. The monoisotopic (exact) mass is 340 g/mol. The highest BCUT2D eigenvalue weighted by molar-refractivity contribution is 5.96. The number of aromatic nitrogens is 2. The van der Waals surface area contributed by atoms with Gasteiger partial charge in [0, 0.05) is 55.6 Å². The Kier molecular flexibility index (Phi) is 5.16. The van der Waals surface area contributed by atoms with Gasteiger partial charge < -0.3 is 14.8 Å². The Morgan fingerprint density at radius 2 is 2.08 bits per heavy atom. The van der Waals surface area contributed by atoms with Crippen molar-refractivity contribution in [1.82, 2.24) is 9.55 Å². The lowest BCUT2D eigenvalue weighted by molar-refractivity contribution is -0.117. The highest BCUT2D eigenvalue weighted by Gasteiger charge is 2.28. The van der Waals surface area contributed by atoms with Crippen LogP contribution in [0.5, 0.6) is 0 Å². The van der Waals surface area contributed by atoms with Crippen molar-refractivity contribution in [3.8, 4) is 0 Å². The van der Waals surface area contributed by atoms with E-state index < -0.39 is 0 Å². The summed E-state index contributed by atoms with van der Waals surface area (Å²) in [6, 6.07) is 7.71. The first kappa shape index (κ1) is 17.2. The third-order valence-corrected chi connectivity index (χ3v) is 4.61. The number of aryl methyl sites for hydroxylation is 2. The molecule has 3 rings (SSSR count). The molecule has 1 atom stereocenters. The van der Waals surface area contributed by atoms with Crippen molar-refractivity contribution in [2.24, 2.45) is 0 Å². The fraction of sp³-hybridized carbons (Fsp3) is 0.421. The van der Waals surface area contributed by atoms with E-state index in [2.05, 4.69) is 17.2 Å². The summed E-state index contributed by atoms with van der Waals surface area (Å²) in [5.74, 6) is 1.12. The Hall–Kier alpha value is -2.63. The smallest absolute Gasteiger partial charge is 0.227 e. The van der Waals surface area contributed by atoms with Crippen LogP contribution in [0.4, 0.5) is 11.4 Å². The summed E-state index contributed by atoms with van der Waals surface area (Å²) in [7, 11) is 0. The van der Waals surface area contributed by atoms with Gasteiger partial charge in [0.15, 0.2) is 0 Å². The molecule has 0 unspecified atom stereocenters. The van der Waals surface area contributed by atoms with Crippen LogP contribution >= 0.6 is 0 Å². The average molecular weight is 340 g/mol. The van der Waals surface area contributed by atoms with Crippen molar-refractivity contribution in [1.29, 1.82) is 0 Å². The fourth-order valence-electron chi connectivity index (χ4n) is 3.24. The summed E-state index contributed by atoms with van der Waals surface area (Å²) in [5, 5.41) is 2.91. The summed E-state index contributed by atoms with van der Waals surface area (Å²) >= 11 is 0. The first-order chi connectivity index (χ1) is 12.1. The molecule has 1 saturated heterocycles. The summed E-state index contributed by atoms with van der Waals surface area (Å²) in [6.45, 7) is 4.72. The number of imidazole rings is 1. The molecule has 0 bridgehead atoms. The quantitative estimate of drug-likeness (QED) is 0.879. The fourth-order valence-corrected chi connectivity index (χ4v) is 3.24. The van der Waals surface area contributed by atoms with Gasteiger partial charge in [-0.25, -0.2) is 4.98 Å². The standard InChI is InChI=1S/C19H24N4O2/c1-3-17-20-11-13-22(17)12-10-18(24)21-15-5-7-16(8-6-15)23-14(2)4-9-19(23)25/h5-8,11,13-14H,3-4,9-10,12H2,1-2H3,(H,21,24)/t14-/m0/s1. The molecule has 25 heavy (non-hydrogen) atoms. The predicted molar refractivity (Wildman–Crippen MR) is 97.5 cm³/mol. The van der Waals surface area contributed by atoms with E-state index in [0.717, 1.165) is 30.0 Å². The largest absolute Gasteiger partial charge is 0.334 e. The molecule has 1 aliphatic heterocycles. The molecule has 1 N–H and O–H groups in total. The number of benzene rings is 1. The normalized spacial score (nSPS) is 17.1. The summed E-state index contributed by atoms with van der Waals surface area (Å²) in [6.07, 6.45) is 6.40. The molecule has 132 valence electrons. The van der Waals surface area contributed by atoms with Gasteiger partial charge in [-0.05, 0) is 37.6 Å². The molecule has 1 aromatic heterocycles. The lowest BCUT2D eigenvalue weighted by Crippen LogP contribution is -2.30. The van der Waals surface area contributed by atoms with Crippen LogP contribution in [0, 0.1) is 0 Å². The molecule has 1 aromatic carbocycles. The van der Waals surface area contributed by atoms with E-state index in [1.165, 1.54) is 0 Å². The molecular formula is C19H24N4O2. The van der Waals surface area contributed by atoms with Crippen molar-refractivity contribution in [2.45, 2.75) is 52.1 Å². The minimum Gasteiger partial charge on any atom is -0.334 e. The molecule has 2 amide bonds. The van der Waals surface area contributed by atoms with Crippen molar-refractivity contribution in [2.75, 3.05) is 10.2 Å². The Bertz CT molecular complexity index is 751. The molecular weight excluding hydrogens is 316 g/mol. The van der Waals surface area contributed by atoms with E-state index in [1.807, 2.05) is 46.9 Å². The molecule has 1 aliphatic rings. The third kappa shape index (κ3) is 3.90. The van der Waals surface area contributed by atoms with Gasteiger partial charge in [-0.15, -0.1) is 0 Å². The van der Waals surface area contributed by atoms with Gasteiger partial charge in [0.1, 0.15) is 5.82 Å². The Balaban J connectivity index is 1.56. The maximum absolute atomic E-state index is 12.1. The van der Waals surface area contributed by atoms with E-state index in [9.17, 15) is 9.59 Å². The maximum Gasteiger partial charge on any atom is 0.227 e. The Labute approximate surface area is 147 Å². The Morgan fingerprint density at radius 3 is 2.72 bits per heavy atom. The average Bonchev–Trinajstić information content (AvgIpc) is 3.20. The molecule has 2 heterocycles. The van der Waals surface area contributed by atoms with E-state index >= 15 is 0 Å². The number of nitrogens with zero attached hydrogens (tertiary/aromatic N) is 3. The number of carbonyl (C=O) groups is 2. The number of hydrogen-bond donors (Lipinski definition) is 1. The number of amides is 2. The predicted octanol–water partition coefficient (Wildman–Crippen LogP) is 2.99. The number of rotatable bonds is 6. The van der Waals surface area contributed by atoms with Crippen molar-refractivity contribution in [3.63, 3.8) is 0 Å². The zero-order valence-corrected chi connectivity index (χ0v) is 14.7. The molecule has 1 fully saturated rings. The van der Waals surface area contributed by atoms with E-state index in [4.69, 9.17) is 0 Å². The number of carbonyl (C=O) groups excluding carboxylic acids is 2. The second-order valence-electron chi connectivity index (χ2n) is 6.39. The summed E-state index contributed by atoms with van der Waals surface area (Å²) in [4.78, 5) is 30.2. The second kappa shape index (κ2) is 7.51. The maximum atomic E-state index is 12.1. The van der Waals surface area contributed by atoms with Gasteiger partial charge in [0.05, 0.1) is 0 Å². The van der Waals surface area contributed by atoms with E-state index in [0.29, 0.717) is 19.4 Å². The van der Waals surface area contributed by atoms with Crippen molar-refractivity contribution in [3.05, 3.63) is 42.5 Å². The molecule has 6 nitrogen and oxygen atoms in total. The number of nitrogens with one attached hydrogen (secondary N) is 1. The molecule has 0 radical (unpaired) electrons. The van der Waals surface area contributed by atoms with Gasteiger partial charge >= 0.3 is 0 Å². The van der Waals surface area contributed by atoms with Crippen molar-refractivity contribution >= 4 is 23.2 Å². The Morgan fingerprint density at radius 1 is 1.32 bits per heavy atom. The number of hydrogen-bond acceptors (Lipinski definition) is 3. The van der Waals surface area contributed by atoms with Gasteiger partial charge in [-0.1, -0.05) is 6.92 Å². The van der Waals surface area contributed by atoms with Crippen LogP contribution < -0.4 is 10.2 Å². The molecule has 0 spiro atoms. The zero-order chi connectivity index (χ0) is 17.8. The highest BCUT2D eigenvalue weighted by atomic mass is 16.2. The van der Waals surface area contributed by atoms with Crippen LogP contribution in [-0.4, -0.2) is 27.4 Å². The molecule has 0 aliphatic carbocycles. The highest BCUT2D eigenvalue weighted by Crippen LogP contribution is 2.27. The first-order valence-corrected chi connectivity index (χ1v) is 8.80.